The van der Waals surface area contributed by atoms with Crippen LogP contribution in [0.5, 0.6) is 0 Å². The summed E-state index contributed by atoms with van der Waals surface area (Å²) in [5.41, 5.74) is 1.57. The van der Waals surface area contributed by atoms with Crippen molar-refractivity contribution in [2.24, 2.45) is 0 Å². The van der Waals surface area contributed by atoms with Gasteiger partial charge in [-0.3, -0.25) is 9.59 Å². The van der Waals surface area contributed by atoms with Gasteiger partial charge in [-0.05, 0) is 31.3 Å². The summed E-state index contributed by atoms with van der Waals surface area (Å²) >= 11 is 7.44. The Morgan fingerprint density at radius 2 is 2.02 bits per heavy atom. The number of halogens is 2. The van der Waals surface area contributed by atoms with Crippen LogP contribution in [0, 0.1) is 0 Å². The first-order chi connectivity index (χ1) is 18.6. The molecular formula is C25H32Cl2N6O5S2. The van der Waals surface area contributed by atoms with E-state index in [2.05, 4.69) is 14.9 Å². The van der Waals surface area contributed by atoms with Crippen molar-refractivity contribution in [3.8, 4) is 0 Å². The molecule has 15 heteroatoms. The number of aliphatic hydroxyl groups is 1. The van der Waals surface area contributed by atoms with Crippen molar-refractivity contribution < 1.29 is 23.1 Å². The van der Waals surface area contributed by atoms with Gasteiger partial charge in [0.2, 0.25) is 5.91 Å². The second-order valence-electron chi connectivity index (χ2n) is 10.0. The highest BCUT2D eigenvalue weighted by Crippen LogP contribution is 2.29. The molecule has 11 nitrogen and oxygen atoms in total. The number of H-pyrrole nitrogens is 1. The molecule has 1 unspecified atom stereocenters. The fourth-order valence-electron chi connectivity index (χ4n) is 5.01. The van der Waals surface area contributed by atoms with Crippen LogP contribution < -0.4 is 0 Å². The predicted octanol–water partition coefficient (Wildman–Crippen LogP) is 2.04. The van der Waals surface area contributed by atoms with Crippen molar-refractivity contribution in [2.75, 3.05) is 53.4 Å². The summed E-state index contributed by atoms with van der Waals surface area (Å²) in [7, 11) is -0.348. The monoisotopic (exact) mass is 630 g/mol. The van der Waals surface area contributed by atoms with Crippen LogP contribution in [0.2, 0.25) is 5.02 Å². The van der Waals surface area contributed by atoms with E-state index in [4.69, 9.17) is 11.6 Å². The number of rotatable bonds is 7. The number of aromatic nitrogens is 2. The van der Waals surface area contributed by atoms with Gasteiger partial charge in [0.1, 0.15) is 5.03 Å². The molecule has 0 radical (unpaired) electrons. The molecule has 1 atom stereocenters. The molecular weight excluding hydrogens is 599 g/mol. The van der Waals surface area contributed by atoms with Gasteiger partial charge in [-0.15, -0.1) is 23.7 Å². The molecule has 5 rings (SSSR count). The summed E-state index contributed by atoms with van der Waals surface area (Å²) in [6, 6.07) is 5.93. The molecule has 1 fully saturated rings. The van der Waals surface area contributed by atoms with E-state index in [-0.39, 0.29) is 68.5 Å². The minimum Gasteiger partial charge on any atom is -0.395 e. The molecule has 4 heterocycles. The lowest BCUT2D eigenvalue weighted by Gasteiger charge is -2.40. The number of carbonyl (C=O) groups is 2. The molecule has 2 aromatic heterocycles. The Labute approximate surface area is 248 Å². The van der Waals surface area contributed by atoms with Crippen molar-refractivity contribution in [3.05, 3.63) is 44.9 Å². The number of hydrogen-bond donors (Lipinski definition) is 2. The smallest absolute Gasteiger partial charge is 0.283 e. The average Bonchev–Trinajstić information content (AvgIpc) is 3.52. The minimum absolute atomic E-state index is 0. The fourth-order valence-corrected chi connectivity index (χ4v) is 7.82. The maximum absolute atomic E-state index is 13.7. The molecule has 1 aromatic carbocycles. The molecule has 2 N–H and O–H groups in total. The van der Waals surface area contributed by atoms with E-state index in [0.29, 0.717) is 20.9 Å². The van der Waals surface area contributed by atoms with Crippen LogP contribution in [0.4, 0.5) is 0 Å². The summed E-state index contributed by atoms with van der Waals surface area (Å²) in [5.74, 6) is -0.580. The van der Waals surface area contributed by atoms with Crippen LogP contribution >= 0.6 is 35.3 Å². The van der Waals surface area contributed by atoms with E-state index in [1.165, 1.54) is 20.5 Å². The topological polar surface area (TPSA) is 130 Å². The van der Waals surface area contributed by atoms with Gasteiger partial charge in [0.25, 0.3) is 15.9 Å². The first-order valence-corrected chi connectivity index (χ1v) is 15.3. The Hall–Kier alpha value is -2.26. The van der Waals surface area contributed by atoms with E-state index >= 15 is 0 Å². The maximum atomic E-state index is 13.7. The summed E-state index contributed by atoms with van der Waals surface area (Å²) in [6.07, 6.45) is 0.690. The highest BCUT2D eigenvalue weighted by molar-refractivity contribution is 7.89. The number of aromatic amines is 1. The SMILES string of the molecule is CN1CCc2nc(C(=O)N3CCN(S(=O)(=O)c4cc5cc(Cl)ccc5[nH]4)CC3CC(=O)N(C)CCO)sc2C1.Cl. The average molecular weight is 632 g/mol. The Kier molecular flexibility index (Phi) is 9.45. The number of sulfonamides is 1. The largest absolute Gasteiger partial charge is 0.395 e. The second kappa shape index (κ2) is 12.3. The second-order valence-corrected chi connectivity index (χ2v) is 13.4. The van der Waals surface area contributed by atoms with Gasteiger partial charge in [-0.1, -0.05) is 11.6 Å². The van der Waals surface area contributed by atoms with Crippen LogP contribution in [-0.2, 0) is 27.8 Å². The third-order valence-corrected chi connectivity index (χ3v) is 10.4. The Balaban J connectivity index is 0.00000370. The van der Waals surface area contributed by atoms with Gasteiger partial charge in [0, 0.05) is 80.0 Å². The predicted molar refractivity (Wildman–Crippen MR) is 156 cm³/mol. The van der Waals surface area contributed by atoms with Crippen LogP contribution in [-0.4, -0.2) is 114 Å². The number of fused-ring (bicyclic) bond motifs is 2. The van der Waals surface area contributed by atoms with Gasteiger partial charge in [0.15, 0.2) is 5.01 Å². The maximum Gasteiger partial charge on any atom is 0.283 e. The Bertz CT molecular complexity index is 1510. The van der Waals surface area contributed by atoms with Crippen molar-refractivity contribution in [2.45, 2.75) is 30.5 Å². The lowest BCUT2D eigenvalue weighted by Crippen LogP contribution is -2.57. The van der Waals surface area contributed by atoms with Crippen molar-refractivity contribution >= 4 is 68.1 Å². The standard InChI is InChI=1S/C25H31ClN6O5S2.ClH/c1-29-6-5-20-21(15-29)38-24(28-20)25(35)32-8-7-31(14-18(32)13-23(34)30(2)9-10-33)39(36,37)22-12-16-11-17(26)3-4-19(16)27-22;/h3-4,11-12,18,27,33H,5-10,13-15H2,1-2H3;1H. The third kappa shape index (κ3) is 6.15. The molecule has 0 bridgehead atoms. The van der Waals surface area contributed by atoms with Gasteiger partial charge in [-0.2, -0.15) is 4.31 Å². The number of nitrogens with zero attached hydrogens (tertiary/aromatic N) is 5. The molecule has 0 spiro atoms. The Morgan fingerprint density at radius 1 is 1.25 bits per heavy atom. The number of aliphatic hydroxyl groups excluding tert-OH is 1. The number of likely N-dealkylation sites (N-methyl/N-ethyl adjacent to an activating group) is 2. The first-order valence-electron chi connectivity index (χ1n) is 12.7. The van der Waals surface area contributed by atoms with Crippen molar-refractivity contribution in [1.82, 2.24) is 29.0 Å². The van der Waals surface area contributed by atoms with E-state index in [1.54, 1.807) is 36.2 Å². The van der Waals surface area contributed by atoms with E-state index < -0.39 is 16.1 Å². The number of carbonyl (C=O) groups excluding carboxylic acids is 2. The number of benzene rings is 1. The molecule has 2 aliphatic heterocycles. The van der Waals surface area contributed by atoms with Crippen LogP contribution in [0.3, 0.4) is 0 Å². The lowest BCUT2D eigenvalue weighted by molar-refractivity contribution is -0.131. The van der Waals surface area contributed by atoms with Crippen LogP contribution in [0.25, 0.3) is 10.9 Å². The normalized spacial score (nSPS) is 18.4. The van der Waals surface area contributed by atoms with Crippen molar-refractivity contribution in [3.63, 3.8) is 0 Å². The molecule has 3 aromatic rings. The van der Waals surface area contributed by atoms with Crippen LogP contribution in [0.1, 0.15) is 26.8 Å². The highest BCUT2D eigenvalue weighted by Gasteiger charge is 2.39. The molecule has 0 aliphatic carbocycles. The van der Waals surface area contributed by atoms with Gasteiger partial charge >= 0.3 is 0 Å². The molecule has 218 valence electrons. The quantitative estimate of drug-likeness (QED) is 0.408. The van der Waals surface area contributed by atoms with Crippen molar-refractivity contribution in [1.29, 1.82) is 0 Å². The number of amides is 2. The Morgan fingerprint density at radius 3 is 2.77 bits per heavy atom. The zero-order chi connectivity index (χ0) is 27.9. The molecule has 2 amide bonds. The number of hydrogen-bond acceptors (Lipinski definition) is 8. The summed E-state index contributed by atoms with van der Waals surface area (Å²) in [4.78, 5) is 40.4. The van der Waals surface area contributed by atoms with Crippen LogP contribution in [0.15, 0.2) is 29.3 Å². The fraction of sp³-hybridized carbons (Fsp3) is 0.480. The zero-order valence-electron chi connectivity index (χ0n) is 22.2. The van der Waals surface area contributed by atoms with Gasteiger partial charge in [0.05, 0.1) is 18.3 Å². The minimum atomic E-state index is -3.94. The lowest BCUT2D eigenvalue weighted by atomic mass is 10.1. The van der Waals surface area contributed by atoms with Gasteiger partial charge in [-0.25, -0.2) is 13.4 Å². The highest BCUT2D eigenvalue weighted by atomic mass is 35.5. The third-order valence-electron chi connectivity index (χ3n) is 7.26. The zero-order valence-corrected chi connectivity index (χ0v) is 25.4. The first kappa shape index (κ1) is 30.7. The summed E-state index contributed by atoms with van der Waals surface area (Å²) < 4.78 is 28.6. The van der Waals surface area contributed by atoms with E-state index in [0.717, 1.165) is 30.1 Å². The summed E-state index contributed by atoms with van der Waals surface area (Å²) in [6.45, 7) is 1.71. The number of nitrogens with one attached hydrogen (secondary N) is 1. The summed E-state index contributed by atoms with van der Waals surface area (Å²) in [5, 5.41) is 10.8. The molecule has 1 saturated heterocycles. The molecule has 2 aliphatic rings. The number of thiazole rings is 1. The molecule has 0 saturated carbocycles. The van der Waals surface area contributed by atoms with Gasteiger partial charge < -0.3 is 24.8 Å². The molecule has 40 heavy (non-hydrogen) atoms. The number of piperazine rings is 1. The van der Waals surface area contributed by atoms with E-state index in [1.807, 2.05) is 7.05 Å². The van der Waals surface area contributed by atoms with E-state index in [9.17, 15) is 23.1 Å².